The van der Waals surface area contributed by atoms with Crippen molar-refractivity contribution in [2.75, 3.05) is 79.2 Å². The van der Waals surface area contributed by atoms with Crippen LogP contribution >= 0.6 is 0 Å². The topological polar surface area (TPSA) is 149 Å². The van der Waals surface area contributed by atoms with Gasteiger partial charge in [0.25, 0.3) is 18.3 Å². The number of epoxide rings is 1. The fraction of sp³-hybridized carbons (Fsp3) is 0.678. The quantitative estimate of drug-likeness (QED) is 0.0813. The molecule has 1 aromatic heterocycles. The molecule has 5 heterocycles. The van der Waals surface area contributed by atoms with Crippen LogP contribution in [0.2, 0.25) is 0 Å². The first-order valence-corrected chi connectivity index (χ1v) is 28.0. The third-order valence-corrected chi connectivity index (χ3v) is 15.7. The molecule has 1 aromatic carbocycles. The lowest BCUT2D eigenvalue weighted by Crippen LogP contribution is -2.61. The number of allylic oxidation sites excluding steroid dienone is 2. The Kier molecular flexibility index (Phi) is 22.1. The van der Waals surface area contributed by atoms with Crippen molar-refractivity contribution in [3.63, 3.8) is 0 Å². The molecule has 73 heavy (non-hydrogen) atoms. The molecule has 404 valence electrons. The van der Waals surface area contributed by atoms with Crippen LogP contribution in [0.5, 0.6) is 0 Å². The average Bonchev–Trinajstić information content (AvgIpc) is 3.92. The zero-order chi connectivity index (χ0) is 52.7. The lowest BCUT2D eigenvalue weighted by atomic mass is 9.75. The molecule has 0 spiro atoms. The van der Waals surface area contributed by atoms with E-state index < -0.39 is 6.04 Å². The lowest BCUT2D eigenvalue weighted by Gasteiger charge is -2.37. The van der Waals surface area contributed by atoms with Gasteiger partial charge in [0.15, 0.2) is 6.10 Å². The summed E-state index contributed by atoms with van der Waals surface area (Å²) in [7, 11) is 1.72. The third kappa shape index (κ3) is 15.6. The first-order chi connectivity index (χ1) is 35.2. The van der Waals surface area contributed by atoms with Crippen LogP contribution < -0.4 is 10.7 Å². The van der Waals surface area contributed by atoms with Gasteiger partial charge in [0.2, 0.25) is 5.91 Å². The van der Waals surface area contributed by atoms with Gasteiger partial charge < -0.3 is 24.4 Å². The maximum absolute atomic E-state index is 14.9. The summed E-state index contributed by atoms with van der Waals surface area (Å²) in [6.07, 6.45) is 14.3. The van der Waals surface area contributed by atoms with E-state index in [9.17, 15) is 19.2 Å². The zero-order valence-corrected chi connectivity index (χ0v) is 46.3. The number of hydrogen-bond donors (Lipinski definition) is 2. The molecule has 4 aliphatic heterocycles. The molecule has 4 fully saturated rings. The van der Waals surface area contributed by atoms with Crippen molar-refractivity contribution >= 4 is 40.9 Å². The fourth-order valence-corrected chi connectivity index (χ4v) is 11.5. The zero-order valence-electron chi connectivity index (χ0n) is 46.3. The third-order valence-electron chi connectivity index (χ3n) is 15.7. The number of nitrogens with zero attached hydrogens (tertiary/aromatic N) is 5. The number of benzene rings is 1. The number of amides is 3. The molecule has 5 aliphatic rings. The van der Waals surface area contributed by atoms with Gasteiger partial charge in [-0.25, -0.2) is 5.43 Å². The van der Waals surface area contributed by atoms with Crippen molar-refractivity contribution in [1.29, 1.82) is 0 Å². The van der Waals surface area contributed by atoms with E-state index in [1.54, 1.807) is 12.1 Å². The molecule has 6 atom stereocenters. The van der Waals surface area contributed by atoms with Crippen LogP contribution in [0.4, 0.5) is 0 Å². The molecule has 7 rings (SSSR count). The maximum Gasteiger partial charge on any atom is 0.293 e. The van der Waals surface area contributed by atoms with E-state index in [4.69, 9.17) is 19.2 Å². The van der Waals surface area contributed by atoms with Crippen molar-refractivity contribution < 1.29 is 33.4 Å². The Morgan fingerprint density at radius 1 is 1.01 bits per heavy atom. The summed E-state index contributed by atoms with van der Waals surface area (Å²) >= 11 is 0. The molecule has 5 unspecified atom stereocenters. The largest absolute Gasteiger partial charge is 0.467 e. The van der Waals surface area contributed by atoms with Crippen LogP contribution in [0.15, 0.2) is 42.6 Å². The molecule has 2 aromatic rings. The summed E-state index contributed by atoms with van der Waals surface area (Å²) in [5.41, 5.74) is 11.9. The number of aryl methyl sites for hydroxylation is 1. The number of likely N-dealkylation sites (N-methyl/N-ethyl adjacent to an activating group) is 1. The first kappa shape index (κ1) is 57.8. The molecule has 1 aliphatic carbocycles. The minimum absolute atomic E-state index is 0.0526. The number of nitrogens with one attached hydrogen (secondary N) is 2. The molecule has 2 N–H and O–H groups in total. The standard InChI is InChI=1S/C56H83N7O7.C3H8/c1-9-38(3)50(45-20-15-24-57-51(45)40(5)68-8)47(30-56(6,7)36-69-37-64)46-29-43(22-21-39(46)4)44-19-16-26-60(33-44)34-48(54(66)63-27-14-13-25-58-63)59-53(65)52(42-17-11-12-18-42)62-28-23-41(32-62)31-61(10-2)55(67)49-35-70-49;1-3-2/h15,19-22,24,29,37-38,40-42,48-49,52,58H,9-14,16-18,23,25-28,30-36H2,1-8H3,(H,59,65);3H2,1-2H3/b50-47+;/t38-,40?,41?,48?,49?,52?;/m1./s1. The van der Waals surface area contributed by atoms with Crippen molar-refractivity contribution in [2.24, 2.45) is 23.2 Å². The van der Waals surface area contributed by atoms with Crippen LogP contribution in [0, 0.1) is 30.1 Å². The van der Waals surface area contributed by atoms with Crippen molar-refractivity contribution in [2.45, 2.75) is 157 Å². The summed E-state index contributed by atoms with van der Waals surface area (Å²) in [6, 6.07) is 9.88. The van der Waals surface area contributed by atoms with Gasteiger partial charge in [0, 0.05) is 76.6 Å². The Hall–Kier alpha value is -4.47. The van der Waals surface area contributed by atoms with Crippen LogP contribution in [-0.2, 0) is 33.4 Å². The number of carbonyl (C=O) groups is 4. The second kappa shape index (κ2) is 27.9. The van der Waals surface area contributed by atoms with Crippen LogP contribution in [0.1, 0.15) is 160 Å². The molecule has 0 radical (unpaired) electrons. The van der Waals surface area contributed by atoms with E-state index >= 15 is 0 Å². The Bertz CT molecular complexity index is 2200. The number of methoxy groups -OCH3 is 1. The number of likely N-dealkylation sites (tertiary alicyclic amines) is 1. The SMILES string of the molecule is CCC.CC[C@@H](C)/C(=C(/CC(C)(C)COC=O)c1cc(C2=CCCN(CC(NC(=O)C(C3CCCC3)N3CCC(CN(CC)C(=O)C4CO4)C3)C(=O)N3CCCCN3)C2)ccc1C)c1cccnc1C(C)OC. The van der Waals surface area contributed by atoms with Gasteiger partial charge in [-0.3, -0.25) is 39.0 Å². The van der Waals surface area contributed by atoms with Gasteiger partial charge in [-0.15, -0.1) is 0 Å². The Labute approximate surface area is 438 Å². The smallest absolute Gasteiger partial charge is 0.293 e. The van der Waals surface area contributed by atoms with Crippen molar-refractivity contribution in [3.05, 3.63) is 70.6 Å². The highest BCUT2D eigenvalue weighted by Crippen LogP contribution is 2.44. The van der Waals surface area contributed by atoms with Gasteiger partial charge >= 0.3 is 0 Å². The van der Waals surface area contributed by atoms with Crippen LogP contribution in [-0.4, -0.2) is 146 Å². The normalized spacial score (nSPS) is 21.7. The fourth-order valence-electron chi connectivity index (χ4n) is 11.5. The molecule has 14 heteroatoms. The monoisotopic (exact) mass is 1010 g/mol. The summed E-state index contributed by atoms with van der Waals surface area (Å²) in [4.78, 5) is 65.5. The van der Waals surface area contributed by atoms with Crippen LogP contribution in [0.25, 0.3) is 16.7 Å². The number of aromatic nitrogens is 1. The second-order valence-corrected chi connectivity index (χ2v) is 22.3. The first-order valence-electron chi connectivity index (χ1n) is 28.0. The number of pyridine rings is 1. The van der Waals surface area contributed by atoms with E-state index in [0.717, 1.165) is 112 Å². The molecule has 0 bridgehead atoms. The highest BCUT2D eigenvalue weighted by atomic mass is 16.6. The summed E-state index contributed by atoms with van der Waals surface area (Å²) in [5.74, 6) is 0.617. The number of carbonyl (C=O) groups excluding carboxylic acids is 4. The molecule has 14 nitrogen and oxygen atoms in total. The highest BCUT2D eigenvalue weighted by molar-refractivity contribution is 5.94. The van der Waals surface area contributed by atoms with Gasteiger partial charge in [-0.1, -0.05) is 85.1 Å². The number of rotatable bonds is 23. The van der Waals surface area contributed by atoms with Crippen molar-refractivity contribution in [3.8, 4) is 0 Å². The molecule has 3 saturated heterocycles. The van der Waals surface area contributed by atoms with Gasteiger partial charge in [-0.2, -0.15) is 0 Å². The van der Waals surface area contributed by atoms with E-state index in [1.165, 1.54) is 23.1 Å². The summed E-state index contributed by atoms with van der Waals surface area (Å²) in [6.45, 7) is 26.6. The summed E-state index contributed by atoms with van der Waals surface area (Å²) < 4.78 is 16.6. The second-order valence-electron chi connectivity index (χ2n) is 22.3. The Balaban J connectivity index is 0.00000283. The minimum Gasteiger partial charge on any atom is -0.467 e. The highest BCUT2D eigenvalue weighted by Gasteiger charge is 2.42. The Morgan fingerprint density at radius 2 is 1.77 bits per heavy atom. The number of ether oxygens (including phenoxy) is 3. The average molecular weight is 1010 g/mol. The molecular formula is C59H91N7O7. The van der Waals surface area contributed by atoms with Crippen LogP contribution in [0.3, 0.4) is 0 Å². The molecule has 3 amide bonds. The lowest BCUT2D eigenvalue weighted by molar-refractivity contribution is -0.142. The van der Waals surface area contributed by atoms with E-state index in [0.29, 0.717) is 52.2 Å². The molecule has 1 saturated carbocycles. The summed E-state index contributed by atoms with van der Waals surface area (Å²) in [5, 5.41) is 5.14. The maximum atomic E-state index is 14.9. The predicted molar refractivity (Wildman–Crippen MR) is 291 cm³/mol. The van der Waals surface area contributed by atoms with E-state index in [1.807, 2.05) is 31.0 Å². The molecular weight excluding hydrogens is 919 g/mol. The number of hydrazine groups is 1. The Morgan fingerprint density at radius 3 is 2.42 bits per heavy atom. The van der Waals surface area contributed by atoms with Gasteiger partial charge in [-0.05, 0) is 142 Å². The van der Waals surface area contributed by atoms with Crippen molar-refractivity contribution in [1.82, 2.24) is 35.4 Å². The minimum atomic E-state index is -0.730. The van der Waals surface area contributed by atoms with Gasteiger partial charge in [0.1, 0.15) is 6.04 Å². The van der Waals surface area contributed by atoms with E-state index in [-0.39, 0.29) is 65.7 Å². The van der Waals surface area contributed by atoms with E-state index in [2.05, 4.69) is 99.4 Å². The number of hydrogen-bond acceptors (Lipinski definition) is 11. The predicted octanol–water partition coefficient (Wildman–Crippen LogP) is 8.89. The van der Waals surface area contributed by atoms with Gasteiger partial charge in [0.05, 0.1) is 31.1 Å².